The number of benzene rings is 3. The smallest absolute Gasteiger partial charge is 0.232 e. The molecule has 0 bridgehead atoms. The molecule has 0 radical (unpaired) electrons. The van der Waals surface area contributed by atoms with Crippen LogP contribution in [0.4, 0.5) is 0 Å². The molecule has 6 heteroatoms. The Balaban J connectivity index is 1.82. The lowest BCUT2D eigenvalue weighted by atomic mass is 9.98. The van der Waals surface area contributed by atoms with E-state index in [1.165, 1.54) is 12.1 Å². The second-order valence-electron chi connectivity index (χ2n) is 7.23. The lowest BCUT2D eigenvalue weighted by Gasteiger charge is -2.20. The largest absolute Gasteiger partial charge is 0.238 e. The van der Waals surface area contributed by atoms with Crippen LogP contribution in [0.5, 0.6) is 0 Å². The first-order valence-electron chi connectivity index (χ1n) is 9.78. The average Bonchev–Trinajstić information content (AvgIpc) is 3.28. The van der Waals surface area contributed by atoms with Crippen LogP contribution < -0.4 is 5.14 Å². The Labute approximate surface area is 180 Å². The van der Waals surface area contributed by atoms with Gasteiger partial charge in [-0.1, -0.05) is 78.9 Å². The van der Waals surface area contributed by atoms with Gasteiger partial charge in [-0.05, 0) is 24.3 Å². The quantitative estimate of drug-likeness (QED) is 0.442. The van der Waals surface area contributed by atoms with Gasteiger partial charge in [0.15, 0.2) is 0 Å². The Morgan fingerprint density at radius 1 is 0.645 bits per heavy atom. The number of hydrogen-bond acceptors (Lipinski definition) is 3. The first-order chi connectivity index (χ1) is 15.0. The number of fused-ring (bicyclic) bond motifs is 1. The Morgan fingerprint density at radius 3 is 1.84 bits per heavy atom. The van der Waals surface area contributed by atoms with Crippen LogP contribution in [0.25, 0.3) is 39.3 Å². The maximum Gasteiger partial charge on any atom is 0.238 e. The van der Waals surface area contributed by atoms with Crippen molar-refractivity contribution in [3.05, 3.63) is 103 Å². The fourth-order valence-electron chi connectivity index (χ4n) is 3.80. The monoisotopic (exact) mass is 425 g/mol. The number of aromatic nitrogens is 2. The maximum absolute atomic E-state index is 11.7. The summed E-state index contributed by atoms with van der Waals surface area (Å²) in [5.74, 6) is 0. The van der Waals surface area contributed by atoms with Crippen LogP contribution in [0.2, 0.25) is 0 Å². The lowest BCUT2D eigenvalue weighted by molar-refractivity contribution is 0.598. The van der Waals surface area contributed by atoms with Crippen molar-refractivity contribution >= 4 is 10.0 Å². The third-order valence-electron chi connectivity index (χ3n) is 5.24. The van der Waals surface area contributed by atoms with Crippen molar-refractivity contribution in [2.24, 2.45) is 5.14 Å². The second kappa shape index (κ2) is 7.50. The van der Waals surface area contributed by atoms with Gasteiger partial charge in [-0.2, -0.15) is 5.10 Å². The molecule has 0 saturated heterocycles. The second-order valence-corrected chi connectivity index (χ2v) is 8.79. The highest BCUT2D eigenvalue weighted by Crippen LogP contribution is 2.40. The van der Waals surface area contributed by atoms with E-state index in [9.17, 15) is 8.42 Å². The van der Waals surface area contributed by atoms with E-state index in [0.717, 1.165) is 39.3 Å². The van der Waals surface area contributed by atoms with Crippen LogP contribution in [0.1, 0.15) is 0 Å². The van der Waals surface area contributed by atoms with E-state index in [0.29, 0.717) is 0 Å². The zero-order chi connectivity index (χ0) is 21.4. The van der Waals surface area contributed by atoms with E-state index < -0.39 is 10.0 Å². The van der Waals surface area contributed by atoms with Crippen LogP contribution in [-0.2, 0) is 10.0 Å². The molecule has 0 aromatic heterocycles. The first kappa shape index (κ1) is 19.2. The van der Waals surface area contributed by atoms with E-state index in [-0.39, 0.29) is 4.90 Å². The van der Waals surface area contributed by atoms with Crippen molar-refractivity contribution < 1.29 is 8.42 Å². The van der Waals surface area contributed by atoms with Crippen molar-refractivity contribution in [2.45, 2.75) is 4.90 Å². The van der Waals surface area contributed by atoms with Gasteiger partial charge in [0.1, 0.15) is 0 Å². The summed E-state index contributed by atoms with van der Waals surface area (Å²) in [6.45, 7) is 0. The lowest BCUT2D eigenvalue weighted by Crippen LogP contribution is -2.13. The van der Waals surface area contributed by atoms with Gasteiger partial charge in [-0.3, -0.25) is 0 Å². The Bertz CT molecular complexity index is 1430. The average molecular weight is 426 g/mol. The van der Waals surface area contributed by atoms with Crippen molar-refractivity contribution in [1.82, 2.24) is 9.78 Å². The third-order valence-corrected chi connectivity index (χ3v) is 6.17. The minimum atomic E-state index is -3.77. The molecule has 3 aromatic carbocycles. The molecule has 152 valence electrons. The molecule has 5 nitrogen and oxygen atoms in total. The van der Waals surface area contributed by atoms with Crippen molar-refractivity contribution in [2.75, 3.05) is 0 Å². The number of nitrogens with zero attached hydrogens (tertiary/aromatic N) is 2. The predicted octanol–water partition coefficient (Wildman–Crippen LogP) is 4.96. The van der Waals surface area contributed by atoms with E-state index in [1.54, 1.807) is 12.1 Å². The molecule has 0 unspecified atom stereocenters. The fourth-order valence-corrected chi connectivity index (χ4v) is 4.31. The summed E-state index contributed by atoms with van der Waals surface area (Å²) in [5.41, 5.74) is 6.68. The molecule has 3 aromatic rings. The predicted molar refractivity (Wildman–Crippen MR) is 122 cm³/mol. The topological polar surface area (TPSA) is 78.0 Å². The SMILES string of the molecule is NS(=O)(=O)c1ccc(-n2nc(-c3ccccc3)c3cccc-3c2-c2ccccc2)cc1. The molecule has 1 aliphatic carbocycles. The van der Waals surface area contributed by atoms with Gasteiger partial charge < -0.3 is 0 Å². The van der Waals surface area contributed by atoms with Crippen molar-refractivity contribution in [1.29, 1.82) is 0 Å². The van der Waals surface area contributed by atoms with Crippen LogP contribution in [0.3, 0.4) is 0 Å². The van der Waals surface area contributed by atoms with Gasteiger partial charge in [-0.25, -0.2) is 18.2 Å². The van der Waals surface area contributed by atoms with Crippen LogP contribution >= 0.6 is 0 Å². The molecule has 2 aliphatic rings. The molecular formula is C25H19N3O2S. The van der Waals surface area contributed by atoms with E-state index >= 15 is 0 Å². The summed E-state index contributed by atoms with van der Waals surface area (Å²) in [4.78, 5) is 0.0655. The summed E-state index contributed by atoms with van der Waals surface area (Å²) in [6, 6.07) is 32.7. The van der Waals surface area contributed by atoms with Crippen molar-refractivity contribution in [3.63, 3.8) is 0 Å². The van der Waals surface area contributed by atoms with E-state index in [4.69, 9.17) is 10.2 Å². The fraction of sp³-hybridized carbons (Fsp3) is 0. The molecule has 5 rings (SSSR count). The summed E-state index contributed by atoms with van der Waals surface area (Å²) < 4.78 is 25.3. The van der Waals surface area contributed by atoms with Gasteiger partial charge in [0.2, 0.25) is 10.0 Å². The van der Waals surface area contributed by atoms with Gasteiger partial charge in [0.05, 0.1) is 22.0 Å². The molecule has 1 aliphatic heterocycles. The highest BCUT2D eigenvalue weighted by atomic mass is 32.2. The zero-order valence-corrected chi connectivity index (χ0v) is 17.3. The molecule has 0 atom stereocenters. The molecular weight excluding hydrogens is 406 g/mol. The maximum atomic E-state index is 11.7. The molecule has 0 amide bonds. The number of sulfonamides is 1. The summed E-state index contributed by atoms with van der Waals surface area (Å²) in [7, 11) is -3.77. The van der Waals surface area contributed by atoms with Crippen LogP contribution in [-0.4, -0.2) is 18.2 Å². The van der Waals surface area contributed by atoms with Gasteiger partial charge in [0.25, 0.3) is 0 Å². The molecule has 2 N–H and O–H groups in total. The molecule has 31 heavy (non-hydrogen) atoms. The third kappa shape index (κ3) is 3.52. The van der Waals surface area contributed by atoms with Gasteiger partial charge >= 0.3 is 0 Å². The number of rotatable bonds is 4. The normalized spacial score (nSPS) is 11.6. The van der Waals surface area contributed by atoms with Gasteiger partial charge in [-0.15, -0.1) is 0 Å². The Morgan fingerprint density at radius 2 is 1.23 bits per heavy atom. The first-order valence-corrected chi connectivity index (χ1v) is 11.3. The highest BCUT2D eigenvalue weighted by molar-refractivity contribution is 7.89. The molecule has 0 fully saturated rings. The van der Waals surface area contributed by atoms with Crippen LogP contribution in [0, 0.1) is 0 Å². The summed E-state index contributed by atoms with van der Waals surface area (Å²) in [6.07, 6.45) is 0. The number of nitrogens with two attached hydrogens (primary N) is 1. The molecule has 1 heterocycles. The number of primary sulfonamides is 1. The van der Waals surface area contributed by atoms with Gasteiger partial charge in [0, 0.05) is 22.3 Å². The highest BCUT2D eigenvalue weighted by Gasteiger charge is 2.21. The van der Waals surface area contributed by atoms with Crippen molar-refractivity contribution in [3.8, 4) is 39.3 Å². The molecule has 0 spiro atoms. The number of hydrogen-bond donors (Lipinski definition) is 1. The molecule has 0 saturated carbocycles. The Kier molecular flexibility index (Phi) is 4.66. The zero-order valence-electron chi connectivity index (χ0n) is 16.5. The minimum Gasteiger partial charge on any atom is -0.232 e. The minimum absolute atomic E-state index is 0.0655. The van der Waals surface area contributed by atoms with E-state index in [2.05, 4.69) is 12.1 Å². The van der Waals surface area contributed by atoms with E-state index in [1.807, 2.05) is 71.4 Å². The standard InChI is InChI=1S/C25H19N3O2S/c26-31(29,30)21-16-14-20(15-17-21)28-25(19-10-5-2-6-11-19)23-13-7-12-22(23)24(27-28)18-8-3-1-4-9-18/h1-17H,(H2,26,29,30). The Hall–Kier alpha value is -3.74. The summed E-state index contributed by atoms with van der Waals surface area (Å²) >= 11 is 0. The summed E-state index contributed by atoms with van der Waals surface area (Å²) in [5, 5.41) is 10.3. The van der Waals surface area contributed by atoms with Crippen LogP contribution in [0.15, 0.2) is 108 Å².